The maximum atomic E-state index is 11.9. The number of carbonyl (C=O) groups is 1. The number of anilines is 2. The molecule has 1 amide bonds. The predicted octanol–water partition coefficient (Wildman–Crippen LogP) is 1.43. The molecule has 0 spiro atoms. The molecule has 6 nitrogen and oxygen atoms in total. The topological polar surface area (TPSA) is 73.9 Å². The van der Waals surface area contributed by atoms with Crippen molar-refractivity contribution in [1.29, 1.82) is 0 Å². The van der Waals surface area contributed by atoms with Crippen LogP contribution in [0, 0.1) is 6.92 Å². The van der Waals surface area contributed by atoms with E-state index in [4.69, 9.17) is 0 Å². The Morgan fingerprint density at radius 3 is 2.44 bits per heavy atom. The molecular weight excluding hydrogens is 230 g/mol. The SMILES string of the molecule is Cc1nc(NC(=O)c2ccc(N(C)C)cc2)n[nH]1. The van der Waals surface area contributed by atoms with Gasteiger partial charge >= 0.3 is 0 Å². The number of nitrogens with one attached hydrogen (secondary N) is 2. The molecule has 0 fully saturated rings. The van der Waals surface area contributed by atoms with Gasteiger partial charge in [0.2, 0.25) is 5.95 Å². The van der Waals surface area contributed by atoms with Gasteiger partial charge in [0.15, 0.2) is 0 Å². The smallest absolute Gasteiger partial charge is 0.258 e. The van der Waals surface area contributed by atoms with Gasteiger partial charge < -0.3 is 4.90 Å². The van der Waals surface area contributed by atoms with Crippen LogP contribution < -0.4 is 10.2 Å². The van der Waals surface area contributed by atoms with Crippen molar-refractivity contribution in [2.75, 3.05) is 24.3 Å². The summed E-state index contributed by atoms with van der Waals surface area (Å²) in [6, 6.07) is 7.31. The number of carbonyl (C=O) groups excluding carboxylic acids is 1. The fourth-order valence-corrected chi connectivity index (χ4v) is 1.48. The van der Waals surface area contributed by atoms with Crippen LogP contribution in [0.1, 0.15) is 16.2 Å². The number of aryl methyl sites for hydroxylation is 1. The number of amides is 1. The highest BCUT2D eigenvalue weighted by Crippen LogP contribution is 2.13. The quantitative estimate of drug-likeness (QED) is 0.858. The first kappa shape index (κ1) is 12.1. The molecule has 18 heavy (non-hydrogen) atoms. The van der Waals surface area contributed by atoms with E-state index in [1.807, 2.05) is 31.1 Å². The molecule has 2 aromatic rings. The Hall–Kier alpha value is -2.37. The van der Waals surface area contributed by atoms with E-state index >= 15 is 0 Å². The van der Waals surface area contributed by atoms with Crippen molar-refractivity contribution < 1.29 is 4.79 Å². The van der Waals surface area contributed by atoms with Crippen LogP contribution in [0.2, 0.25) is 0 Å². The van der Waals surface area contributed by atoms with Crippen molar-refractivity contribution in [2.45, 2.75) is 6.92 Å². The number of hydrogen-bond acceptors (Lipinski definition) is 4. The third-order valence-electron chi connectivity index (χ3n) is 2.47. The van der Waals surface area contributed by atoms with Crippen molar-refractivity contribution in [3.63, 3.8) is 0 Å². The van der Waals surface area contributed by atoms with Gasteiger partial charge in [0, 0.05) is 25.3 Å². The molecule has 94 valence electrons. The summed E-state index contributed by atoms with van der Waals surface area (Å²) in [7, 11) is 3.90. The maximum Gasteiger partial charge on any atom is 0.258 e. The van der Waals surface area contributed by atoms with E-state index in [2.05, 4.69) is 20.5 Å². The van der Waals surface area contributed by atoms with Crippen molar-refractivity contribution in [3.8, 4) is 0 Å². The summed E-state index contributed by atoms with van der Waals surface area (Å²) in [5.41, 5.74) is 1.61. The second-order valence-electron chi connectivity index (χ2n) is 4.14. The summed E-state index contributed by atoms with van der Waals surface area (Å²) in [5, 5.41) is 9.14. The number of benzene rings is 1. The first-order valence-corrected chi connectivity index (χ1v) is 5.54. The molecule has 0 aliphatic rings. The largest absolute Gasteiger partial charge is 0.378 e. The molecule has 0 radical (unpaired) electrons. The van der Waals surface area contributed by atoms with E-state index in [-0.39, 0.29) is 11.9 Å². The Balaban J connectivity index is 2.09. The lowest BCUT2D eigenvalue weighted by Crippen LogP contribution is -2.14. The molecular formula is C12H15N5O. The number of nitrogens with zero attached hydrogens (tertiary/aromatic N) is 3. The van der Waals surface area contributed by atoms with Crippen molar-refractivity contribution in [1.82, 2.24) is 15.2 Å². The summed E-state index contributed by atoms with van der Waals surface area (Å²) in [5.74, 6) is 0.724. The Morgan fingerprint density at radius 1 is 1.28 bits per heavy atom. The third kappa shape index (κ3) is 2.65. The van der Waals surface area contributed by atoms with Gasteiger partial charge in [-0.25, -0.2) is 0 Å². The lowest BCUT2D eigenvalue weighted by Gasteiger charge is -2.12. The first-order valence-electron chi connectivity index (χ1n) is 5.54. The summed E-state index contributed by atoms with van der Waals surface area (Å²) in [6.07, 6.45) is 0. The summed E-state index contributed by atoms with van der Waals surface area (Å²) < 4.78 is 0. The van der Waals surface area contributed by atoms with Crippen molar-refractivity contribution >= 4 is 17.5 Å². The summed E-state index contributed by atoms with van der Waals surface area (Å²) in [6.45, 7) is 1.77. The van der Waals surface area contributed by atoms with Crippen molar-refractivity contribution in [3.05, 3.63) is 35.7 Å². The Bertz CT molecular complexity index is 544. The molecule has 6 heteroatoms. The minimum Gasteiger partial charge on any atom is -0.378 e. The summed E-state index contributed by atoms with van der Waals surface area (Å²) in [4.78, 5) is 17.9. The second kappa shape index (κ2) is 4.87. The molecule has 2 N–H and O–H groups in total. The highest BCUT2D eigenvalue weighted by atomic mass is 16.1. The lowest BCUT2D eigenvalue weighted by molar-refractivity contribution is 0.102. The minimum atomic E-state index is -0.223. The van der Waals surface area contributed by atoms with Crippen LogP contribution in [0.25, 0.3) is 0 Å². The van der Waals surface area contributed by atoms with Gasteiger partial charge in [-0.3, -0.25) is 15.2 Å². The van der Waals surface area contributed by atoms with Gasteiger partial charge in [0.05, 0.1) is 0 Å². The van der Waals surface area contributed by atoms with E-state index in [9.17, 15) is 4.79 Å². The van der Waals surface area contributed by atoms with Gasteiger partial charge in [0.25, 0.3) is 5.91 Å². The Labute approximate surface area is 105 Å². The molecule has 2 rings (SSSR count). The Morgan fingerprint density at radius 2 is 1.94 bits per heavy atom. The zero-order chi connectivity index (χ0) is 13.1. The average Bonchev–Trinajstić information content (AvgIpc) is 2.75. The molecule has 0 unspecified atom stereocenters. The van der Waals surface area contributed by atoms with Crippen LogP contribution >= 0.6 is 0 Å². The standard InChI is InChI=1S/C12H15N5O/c1-8-13-12(16-15-8)14-11(18)9-4-6-10(7-5-9)17(2)3/h4-7H,1-3H3,(H2,13,14,15,16,18). The normalized spacial score (nSPS) is 10.2. The number of aromatic nitrogens is 3. The number of aromatic amines is 1. The first-order chi connectivity index (χ1) is 8.56. The zero-order valence-corrected chi connectivity index (χ0v) is 10.6. The van der Waals surface area contributed by atoms with Crippen LogP contribution in [0.15, 0.2) is 24.3 Å². The fraction of sp³-hybridized carbons (Fsp3) is 0.250. The monoisotopic (exact) mass is 245 g/mol. The predicted molar refractivity (Wildman–Crippen MR) is 69.8 cm³/mol. The van der Waals surface area contributed by atoms with E-state index in [1.165, 1.54) is 0 Å². The van der Waals surface area contributed by atoms with E-state index in [1.54, 1.807) is 19.1 Å². The van der Waals surface area contributed by atoms with Crippen LogP contribution in [0.3, 0.4) is 0 Å². The van der Waals surface area contributed by atoms with Gasteiger partial charge in [0.1, 0.15) is 5.82 Å². The molecule has 0 aliphatic heterocycles. The van der Waals surface area contributed by atoms with E-state index < -0.39 is 0 Å². The number of H-pyrrole nitrogens is 1. The number of rotatable bonds is 3. The van der Waals surface area contributed by atoms with Crippen LogP contribution in [0.4, 0.5) is 11.6 Å². The lowest BCUT2D eigenvalue weighted by atomic mass is 10.2. The fourth-order valence-electron chi connectivity index (χ4n) is 1.48. The van der Waals surface area contributed by atoms with Gasteiger partial charge in [-0.1, -0.05) is 0 Å². The van der Waals surface area contributed by atoms with Crippen LogP contribution in [-0.2, 0) is 0 Å². The molecule has 0 aliphatic carbocycles. The number of hydrogen-bond donors (Lipinski definition) is 2. The van der Waals surface area contributed by atoms with Crippen LogP contribution in [-0.4, -0.2) is 35.2 Å². The molecule has 0 atom stereocenters. The van der Waals surface area contributed by atoms with Crippen LogP contribution in [0.5, 0.6) is 0 Å². The highest BCUT2D eigenvalue weighted by Gasteiger charge is 2.08. The molecule has 0 saturated carbocycles. The molecule has 0 bridgehead atoms. The highest BCUT2D eigenvalue weighted by molar-refractivity contribution is 6.03. The average molecular weight is 245 g/mol. The molecule has 1 heterocycles. The van der Waals surface area contributed by atoms with Gasteiger partial charge in [-0.05, 0) is 31.2 Å². The van der Waals surface area contributed by atoms with E-state index in [0.717, 1.165) is 5.69 Å². The maximum absolute atomic E-state index is 11.9. The van der Waals surface area contributed by atoms with Crippen molar-refractivity contribution in [2.24, 2.45) is 0 Å². The minimum absolute atomic E-state index is 0.223. The summed E-state index contributed by atoms with van der Waals surface area (Å²) >= 11 is 0. The van der Waals surface area contributed by atoms with Gasteiger partial charge in [-0.2, -0.15) is 4.98 Å². The second-order valence-corrected chi connectivity index (χ2v) is 4.14. The Kier molecular flexibility index (Phi) is 3.27. The zero-order valence-electron chi connectivity index (χ0n) is 10.6. The van der Waals surface area contributed by atoms with Gasteiger partial charge in [-0.15, -0.1) is 5.10 Å². The molecule has 0 saturated heterocycles. The third-order valence-corrected chi connectivity index (χ3v) is 2.47. The molecule has 1 aromatic carbocycles. The van der Waals surface area contributed by atoms with E-state index in [0.29, 0.717) is 11.4 Å². The molecule has 1 aromatic heterocycles.